The quantitative estimate of drug-likeness (QED) is 0.814. The van der Waals surface area contributed by atoms with Crippen LogP contribution in [0.4, 0.5) is 5.82 Å². The summed E-state index contributed by atoms with van der Waals surface area (Å²) >= 11 is 0. The molecule has 0 aliphatic heterocycles. The second-order valence-electron chi connectivity index (χ2n) is 4.55. The van der Waals surface area contributed by atoms with E-state index in [-0.39, 0.29) is 18.1 Å². The molecule has 0 saturated carbocycles. The second-order valence-corrected chi connectivity index (χ2v) is 4.55. The number of hydrogen-bond donors (Lipinski definition) is 2. The Labute approximate surface area is 124 Å². The van der Waals surface area contributed by atoms with Gasteiger partial charge in [-0.3, -0.25) is 4.57 Å². The van der Waals surface area contributed by atoms with E-state index in [4.69, 9.17) is 9.47 Å². The topological polar surface area (TPSA) is 68.5 Å². The highest BCUT2D eigenvalue weighted by atomic mass is 16.5. The van der Waals surface area contributed by atoms with Crippen LogP contribution in [0.3, 0.4) is 0 Å². The van der Waals surface area contributed by atoms with E-state index >= 15 is 0 Å². The van der Waals surface area contributed by atoms with Gasteiger partial charge in [-0.2, -0.15) is 4.98 Å². The lowest BCUT2D eigenvalue weighted by Gasteiger charge is -2.22. The lowest BCUT2D eigenvalue weighted by Crippen LogP contribution is -2.28. The summed E-state index contributed by atoms with van der Waals surface area (Å²) in [7, 11) is 6.67. The average molecular weight is 289 g/mol. The molecule has 21 heavy (non-hydrogen) atoms. The molecule has 1 aliphatic rings. The van der Waals surface area contributed by atoms with Crippen molar-refractivity contribution in [1.82, 2.24) is 9.55 Å². The molecule has 0 fully saturated rings. The lowest BCUT2D eigenvalue weighted by atomic mass is 10.0. The van der Waals surface area contributed by atoms with Gasteiger partial charge in [-0.1, -0.05) is 12.0 Å². The number of aromatic nitrogens is 2. The first kappa shape index (κ1) is 15.2. The zero-order chi connectivity index (χ0) is 15.4. The van der Waals surface area contributed by atoms with E-state index in [0.717, 1.165) is 5.57 Å². The van der Waals surface area contributed by atoms with Crippen LogP contribution in [0.1, 0.15) is 5.82 Å². The van der Waals surface area contributed by atoms with Gasteiger partial charge in [0.1, 0.15) is 12.2 Å². The molecule has 2 atom stereocenters. The van der Waals surface area contributed by atoms with Crippen molar-refractivity contribution in [1.29, 1.82) is 0 Å². The zero-order valence-corrected chi connectivity index (χ0v) is 12.5. The molecule has 1 aromatic rings. The van der Waals surface area contributed by atoms with Gasteiger partial charge in [0.15, 0.2) is 11.6 Å². The van der Waals surface area contributed by atoms with Crippen molar-refractivity contribution >= 4 is 5.82 Å². The van der Waals surface area contributed by atoms with Crippen LogP contribution >= 0.6 is 0 Å². The summed E-state index contributed by atoms with van der Waals surface area (Å²) in [5, 5.41) is 12.6. The number of nitrogens with one attached hydrogen (secondary N) is 1. The van der Waals surface area contributed by atoms with Crippen LogP contribution < -0.4 is 5.32 Å². The molecule has 6 nitrogen and oxygen atoms in total. The Balaban J connectivity index is 2.24. The van der Waals surface area contributed by atoms with E-state index in [1.54, 1.807) is 28.3 Å². The maximum Gasteiger partial charge on any atom is 0.237 e. The van der Waals surface area contributed by atoms with E-state index in [0.29, 0.717) is 11.6 Å². The average Bonchev–Trinajstić information content (AvgIpc) is 2.80. The Morgan fingerprint density at radius 3 is 2.57 bits per heavy atom. The van der Waals surface area contributed by atoms with Gasteiger partial charge in [0.05, 0.1) is 0 Å². The van der Waals surface area contributed by atoms with Gasteiger partial charge < -0.3 is 19.9 Å². The number of ether oxygens (including phenoxy) is 2. The Bertz CT molecular complexity index is 635. The Morgan fingerprint density at radius 1 is 1.29 bits per heavy atom. The molecule has 2 N–H and O–H groups in total. The maximum atomic E-state index is 9.81. The second kappa shape index (κ2) is 6.48. The van der Waals surface area contributed by atoms with E-state index < -0.39 is 0 Å². The molecular formula is C15H19N3O3. The molecule has 112 valence electrons. The van der Waals surface area contributed by atoms with Crippen LogP contribution in [0, 0.1) is 11.8 Å². The third-order valence-corrected chi connectivity index (χ3v) is 3.30. The molecule has 0 amide bonds. The number of anilines is 1. The van der Waals surface area contributed by atoms with Crippen molar-refractivity contribution in [2.45, 2.75) is 12.2 Å². The zero-order valence-electron chi connectivity index (χ0n) is 12.5. The number of rotatable bonds is 3. The molecule has 1 aliphatic carbocycles. The van der Waals surface area contributed by atoms with Gasteiger partial charge in [-0.15, -0.1) is 0 Å². The summed E-state index contributed by atoms with van der Waals surface area (Å²) in [4.78, 5) is 4.20. The molecule has 0 spiro atoms. The molecular weight excluding hydrogens is 270 g/mol. The summed E-state index contributed by atoms with van der Waals surface area (Å²) in [5.41, 5.74) is 0.823. The van der Waals surface area contributed by atoms with Crippen molar-refractivity contribution in [3.63, 3.8) is 0 Å². The molecule has 0 aromatic carbocycles. The highest BCUT2D eigenvalue weighted by molar-refractivity contribution is 5.51. The molecule has 0 radical (unpaired) electrons. The molecule has 2 rings (SSSR count). The summed E-state index contributed by atoms with van der Waals surface area (Å²) in [6.07, 6.45) is 5.44. The predicted octanol–water partition coefficient (Wildman–Crippen LogP) is 1.05. The molecule has 0 bridgehead atoms. The fourth-order valence-corrected chi connectivity index (χ4v) is 2.03. The number of nitrogens with zero attached hydrogens (tertiary/aromatic N) is 2. The number of imidazole rings is 1. The maximum absolute atomic E-state index is 9.81. The largest absolute Gasteiger partial charge is 0.492 e. The Kier molecular flexibility index (Phi) is 4.68. The fourth-order valence-electron chi connectivity index (χ4n) is 2.03. The summed E-state index contributed by atoms with van der Waals surface area (Å²) in [6.45, 7) is 0. The minimum Gasteiger partial charge on any atom is -0.492 e. The first-order chi connectivity index (χ1) is 10.1. The molecule has 1 aromatic heterocycles. The highest BCUT2D eigenvalue weighted by Crippen LogP contribution is 2.22. The third-order valence-electron chi connectivity index (χ3n) is 3.30. The van der Waals surface area contributed by atoms with E-state index in [1.807, 2.05) is 18.2 Å². The normalized spacial score (nSPS) is 20.7. The monoisotopic (exact) mass is 289 g/mol. The van der Waals surface area contributed by atoms with Crippen molar-refractivity contribution in [2.75, 3.05) is 26.6 Å². The molecule has 2 unspecified atom stereocenters. The Morgan fingerprint density at radius 2 is 2.00 bits per heavy atom. The number of allylic oxidation sites excluding steroid dienone is 2. The first-order valence-corrected chi connectivity index (χ1v) is 6.51. The Hall–Kier alpha value is -2.23. The van der Waals surface area contributed by atoms with Crippen LogP contribution in [0.15, 0.2) is 23.8 Å². The van der Waals surface area contributed by atoms with Gasteiger partial charge in [0.25, 0.3) is 0 Å². The minimum absolute atomic E-state index is 0.0594. The molecule has 0 saturated heterocycles. The molecule has 1 heterocycles. The van der Waals surface area contributed by atoms with Gasteiger partial charge in [-0.05, 0) is 18.1 Å². The standard InChI is InChI=1S/C15H19N3O3/c1-16-14-15(19)18(2)13(17-14)8-6-10-5-7-11(20-3)12(9-10)21-4/h5,7,9,11-12,16,19H,1-4H3. The number of aromatic hydroxyl groups is 1. The lowest BCUT2D eigenvalue weighted by molar-refractivity contribution is 0.0136. The van der Waals surface area contributed by atoms with Crippen molar-refractivity contribution in [3.05, 3.63) is 29.6 Å². The van der Waals surface area contributed by atoms with E-state index in [9.17, 15) is 5.11 Å². The summed E-state index contributed by atoms with van der Waals surface area (Å²) in [5.74, 6) is 6.91. The van der Waals surface area contributed by atoms with Crippen LogP contribution in [0.2, 0.25) is 0 Å². The number of methoxy groups -OCH3 is 2. The van der Waals surface area contributed by atoms with Crippen LogP contribution in [-0.4, -0.2) is 48.1 Å². The van der Waals surface area contributed by atoms with E-state index in [2.05, 4.69) is 22.1 Å². The van der Waals surface area contributed by atoms with Crippen LogP contribution in [0.5, 0.6) is 5.88 Å². The predicted molar refractivity (Wildman–Crippen MR) is 80.1 cm³/mol. The van der Waals surface area contributed by atoms with E-state index in [1.165, 1.54) is 4.57 Å². The summed E-state index contributed by atoms with van der Waals surface area (Å²) < 4.78 is 12.2. The third kappa shape index (κ3) is 3.10. The smallest absolute Gasteiger partial charge is 0.237 e. The van der Waals surface area contributed by atoms with Crippen LogP contribution in [0.25, 0.3) is 0 Å². The van der Waals surface area contributed by atoms with Gasteiger partial charge >= 0.3 is 0 Å². The van der Waals surface area contributed by atoms with Gasteiger partial charge in [0, 0.05) is 33.9 Å². The SMILES string of the molecule is CNc1nc(C#CC2=CC(OC)C(OC)C=C2)n(C)c1O. The highest BCUT2D eigenvalue weighted by Gasteiger charge is 2.19. The van der Waals surface area contributed by atoms with Gasteiger partial charge in [0.2, 0.25) is 5.88 Å². The molecule has 6 heteroatoms. The number of hydrogen-bond acceptors (Lipinski definition) is 5. The minimum atomic E-state index is -0.160. The van der Waals surface area contributed by atoms with Crippen molar-refractivity contribution < 1.29 is 14.6 Å². The van der Waals surface area contributed by atoms with Crippen LogP contribution in [-0.2, 0) is 16.5 Å². The van der Waals surface area contributed by atoms with Crippen molar-refractivity contribution in [2.24, 2.45) is 7.05 Å². The summed E-state index contributed by atoms with van der Waals surface area (Å²) in [6, 6.07) is 0. The van der Waals surface area contributed by atoms with Crippen molar-refractivity contribution in [3.8, 4) is 17.7 Å². The fraction of sp³-hybridized carbons (Fsp3) is 0.400. The van der Waals surface area contributed by atoms with Gasteiger partial charge in [-0.25, -0.2) is 0 Å². The first-order valence-electron chi connectivity index (χ1n) is 6.51.